The van der Waals surface area contributed by atoms with E-state index < -0.39 is 10.0 Å². The quantitative estimate of drug-likeness (QED) is 0.345. The highest BCUT2D eigenvalue weighted by Gasteiger charge is 2.20. The Morgan fingerprint density at radius 3 is 2.06 bits per heavy atom. The average Bonchev–Trinajstić information content (AvgIpc) is 2.89. The van der Waals surface area contributed by atoms with Gasteiger partial charge in [0.05, 0.1) is 16.3 Å². The van der Waals surface area contributed by atoms with Crippen LogP contribution in [0.3, 0.4) is 0 Å². The molecule has 0 aliphatic carbocycles. The first-order valence-corrected chi connectivity index (χ1v) is 12.3. The second kappa shape index (κ2) is 10.8. The Hall–Kier alpha value is -4.30. The van der Waals surface area contributed by atoms with Gasteiger partial charge in [-0.25, -0.2) is 8.42 Å². The molecule has 0 radical (unpaired) electrons. The summed E-state index contributed by atoms with van der Waals surface area (Å²) in [5, 5.41) is 2.79. The summed E-state index contributed by atoms with van der Waals surface area (Å²) >= 11 is 0. The zero-order valence-electron chi connectivity index (χ0n) is 19.0. The molecule has 178 valence electrons. The lowest BCUT2D eigenvalue weighted by molar-refractivity contribution is -0.118. The number of benzene rings is 4. The van der Waals surface area contributed by atoms with E-state index in [-0.39, 0.29) is 17.4 Å². The third-order valence-corrected chi connectivity index (χ3v) is 6.90. The van der Waals surface area contributed by atoms with Crippen LogP contribution in [0, 0.1) is 0 Å². The number of nitrogens with one attached hydrogen (secondary N) is 1. The van der Waals surface area contributed by atoms with E-state index in [0.717, 1.165) is 0 Å². The summed E-state index contributed by atoms with van der Waals surface area (Å²) in [5.41, 5.74) is 0.991. The van der Waals surface area contributed by atoms with E-state index in [2.05, 4.69) is 5.32 Å². The molecule has 0 atom stereocenters. The summed E-state index contributed by atoms with van der Waals surface area (Å²) in [7, 11) is -2.19. The van der Waals surface area contributed by atoms with E-state index in [1.165, 1.54) is 11.4 Å². The first kappa shape index (κ1) is 23.8. The average molecular weight is 489 g/mol. The predicted octanol–water partition coefficient (Wildman–Crippen LogP) is 5.32. The molecule has 4 rings (SSSR count). The molecular formula is C27H24N2O5S. The number of hydrogen-bond donors (Lipinski definition) is 1. The molecule has 8 heteroatoms. The first-order valence-electron chi connectivity index (χ1n) is 10.8. The fraction of sp³-hybridized carbons (Fsp3) is 0.0741. The van der Waals surface area contributed by atoms with E-state index in [1.54, 1.807) is 72.8 Å². The van der Waals surface area contributed by atoms with Crippen LogP contribution in [-0.4, -0.2) is 28.0 Å². The van der Waals surface area contributed by atoms with Gasteiger partial charge >= 0.3 is 0 Å². The van der Waals surface area contributed by atoms with Gasteiger partial charge in [-0.05, 0) is 60.7 Å². The van der Waals surface area contributed by atoms with Crippen molar-refractivity contribution in [3.05, 3.63) is 109 Å². The molecule has 0 spiro atoms. The molecule has 0 unspecified atom stereocenters. The number of carbonyl (C=O) groups excluding carboxylic acids is 1. The van der Waals surface area contributed by atoms with Gasteiger partial charge in [-0.3, -0.25) is 9.10 Å². The number of rotatable bonds is 9. The number of hydrogen-bond acceptors (Lipinski definition) is 5. The minimum Gasteiger partial charge on any atom is -0.484 e. The molecule has 0 saturated heterocycles. The Bertz CT molecular complexity index is 1380. The van der Waals surface area contributed by atoms with E-state index in [9.17, 15) is 13.2 Å². The first-order chi connectivity index (χ1) is 16.9. The molecule has 0 saturated carbocycles. The van der Waals surface area contributed by atoms with Crippen molar-refractivity contribution >= 4 is 27.3 Å². The third kappa shape index (κ3) is 5.99. The van der Waals surface area contributed by atoms with Gasteiger partial charge in [-0.2, -0.15) is 0 Å². The lowest BCUT2D eigenvalue weighted by Crippen LogP contribution is -2.26. The van der Waals surface area contributed by atoms with Crippen molar-refractivity contribution in [2.24, 2.45) is 0 Å². The summed E-state index contributed by atoms with van der Waals surface area (Å²) in [6.45, 7) is -0.225. The summed E-state index contributed by atoms with van der Waals surface area (Å²) in [6.07, 6.45) is 0. The summed E-state index contributed by atoms with van der Waals surface area (Å²) < 4.78 is 38.2. The van der Waals surface area contributed by atoms with Gasteiger partial charge in [-0.15, -0.1) is 0 Å². The van der Waals surface area contributed by atoms with Crippen molar-refractivity contribution in [2.75, 3.05) is 23.3 Å². The highest BCUT2D eigenvalue weighted by Crippen LogP contribution is 2.29. The Balaban J connectivity index is 1.36. The minimum atomic E-state index is -3.68. The smallest absolute Gasteiger partial charge is 0.264 e. The Kier molecular flexibility index (Phi) is 7.32. The van der Waals surface area contributed by atoms with Crippen LogP contribution in [0.25, 0.3) is 0 Å². The maximum atomic E-state index is 12.8. The molecule has 0 aliphatic heterocycles. The lowest BCUT2D eigenvalue weighted by Gasteiger charge is -2.19. The third-order valence-electron chi connectivity index (χ3n) is 5.10. The van der Waals surface area contributed by atoms with Gasteiger partial charge in [0, 0.05) is 7.05 Å². The van der Waals surface area contributed by atoms with Gasteiger partial charge in [0.2, 0.25) is 0 Å². The largest absolute Gasteiger partial charge is 0.484 e. The fourth-order valence-corrected chi connectivity index (χ4v) is 4.47. The van der Waals surface area contributed by atoms with E-state index in [4.69, 9.17) is 9.47 Å². The topological polar surface area (TPSA) is 84.9 Å². The van der Waals surface area contributed by atoms with E-state index in [0.29, 0.717) is 28.6 Å². The van der Waals surface area contributed by atoms with Gasteiger partial charge < -0.3 is 14.8 Å². The lowest BCUT2D eigenvalue weighted by atomic mass is 10.3. The molecule has 7 nitrogen and oxygen atoms in total. The Labute approximate surface area is 204 Å². The molecule has 0 heterocycles. The monoisotopic (exact) mass is 488 g/mol. The molecule has 0 aliphatic rings. The van der Waals surface area contributed by atoms with E-state index in [1.807, 2.05) is 36.4 Å². The number of para-hydroxylation sites is 3. The maximum absolute atomic E-state index is 12.8. The van der Waals surface area contributed by atoms with Crippen LogP contribution in [0.4, 0.5) is 11.4 Å². The van der Waals surface area contributed by atoms with Crippen LogP contribution in [0.1, 0.15) is 0 Å². The molecule has 4 aromatic carbocycles. The van der Waals surface area contributed by atoms with Crippen LogP contribution in [0.15, 0.2) is 114 Å². The second-order valence-electron chi connectivity index (χ2n) is 7.53. The second-order valence-corrected chi connectivity index (χ2v) is 9.50. The Morgan fingerprint density at radius 1 is 0.771 bits per heavy atom. The van der Waals surface area contributed by atoms with Crippen LogP contribution >= 0.6 is 0 Å². The highest BCUT2D eigenvalue weighted by molar-refractivity contribution is 7.92. The van der Waals surface area contributed by atoms with Crippen LogP contribution < -0.4 is 19.1 Å². The van der Waals surface area contributed by atoms with Crippen molar-refractivity contribution in [3.8, 4) is 17.2 Å². The summed E-state index contributed by atoms with van der Waals surface area (Å²) in [4.78, 5) is 12.7. The van der Waals surface area contributed by atoms with Crippen molar-refractivity contribution in [2.45, 2.75) is 4.90 Å². The summed E-state index contributed by atoms with van der Waals surface area (Å²) in [6, 6.07) is 31.1. The minimum absolute atomic E-state index is 0.205. The van der Waals surface area contributed by atoms with Crippen molar-refractivity contribution in [1.29, 1.82) is 0 Å². The van der Waals surface area contributed by atoms with Gasteiger partial charge in [0.25, 0.3) is 15.9 Å². The standard InChI is InChI=1S/C27H24N2O5S/c1-29(35(31,32)24-12-6-3-7-13-24)21-16-18-22(19-17-21)33-20-27(30)28-25-14-8-9-15-26(25)34-23-10-4-2-5-11-23/h2-19H,20H2,1H3,(H,28,30). The van der Waals surface area contributed by atoms with Crippen molar-refractivity contribution < 1.29 is 22.7 Å². The van der Waals surface area contributed by atoms with Gasteiger partial charge in [0.15, 0.2) is 12.4 Å². The predicted molar refractivity (Wildman–Crippen MR) is 136 cm³/mol. The van der Waals surface area contributed by atoms with Crippen LogP contribution in [0.5, 0.6) is 17.2 Å². The fourth-order valence-electron chi connectivity index (χ4n) is 3.25. The van der Waals surface area contributed by atoms with Crippen molar-refractivity contribution in [1.82, 2.24) is 0 Å². The molecule has 0 aromatic heterocycles. The van der Waals surface area contributed by atoms with Crippen molar-refractivity contribution in [3.63, 3.8) is 0 Å². The zero-order valence-corrected chi connectivity index (χ0v) is 19.8. The van der Waals surface area contributed by atoms with E-state index >= 15 is 0 Å². The molecule has 35 heavy (non-hydrogen) atoms. The molecular weight excluding hydrogens is 464 g/mol. The normalized spacial score (nSPS) is 10.9. The number of ether oxygens (including phenoxy) is 2. The van der Waals surface area contributed by atoms with Crippen LogP contribution in [0.2, 0.25) is 0 Å². The van der Waals surface area contributed by atoms with Gasteiger partial charge in [-0.1, -0.05) is 48.5 Å². The molecule has 1 amide bonds. The molecule has 4 aromatic rings. The molecule has 0 fully saturated rings. The summed E-state index contributed by atoms with van der Waals surface area (Å²) in [5.74, 6) is 1.24. The molecule has 0 bridgehead atoms. The van der Waals surface area contributed by atoms with Crippen LogP contribution in [-0.2, 0) is 14.8 Å². The SMILES string of the molecule is CN(c1ccc(OCC(=O)Nc2ccccc2Oc2ccccc2)cc1)S(=O)(=O)c1ccccc1. The number of anilines is 2. The number of nitrogens with zero attached hydrogens (tertiary/aromatic N) is 1. The zero-order chi connectivity index (χ0) is 24.7. The van der Waals surface area contributed by atoms with Gasteiger partial charge in [0.1, 0.15) is 11.5 Å². The maximum Gasteiger partial charge on any atom is 0.264 e. The number of amides is 1. The Morgan fingerprint density at radius 2 is 1.37 bits per heavy atom. The molecule has 1 N–H and O–H groups in total. The number of carbonyl (C=O) groups is 1. The number of sulfonamides is 1. The highest BCUT2D eigenvalue weighted by atomic mass is 32.2.